The van der Waals surface area contributed by atoms with Crippen LogP contribution in [0.4, 0.5) is 28.4 Å². The highest BCUT2D eigenvalue weighted by molar-refractivity contribution is 6.93. The lowest BCUT2D eigenvalue weighted by Crippen LogP contribution is -2.61. The summed E-state index contributed by atoms with van der Waals surface area (Å²) in [6.07, 6.45) is 0. The zero-order valence-electron chi connectivity index (χ0n) is 35.6. The van der Waals surface area contributed by atoms with Crippen molar-refractivity contribution in [2.75, 3.05) is 9.71 Å². The van der Waals surface area contributed by atoms with Crippen molar-refractivity contribution in [3.8, 4) is 16.8 Å². The fourth-order valence-corrected chi connectivity index (χ4v) is 11.5. The highest BCUT2D eigenvalue weighted by Gasteiger charge is 2.48. The molecule has 0 saturated heterocycles. The summed E-state index contributed by atoms with van der Waals surface area (Å²) in [5.74, 6) is -0.00356. The van der Waals surface area contributed by atoms with Gasteiger partial charge in [-0.2, -0.15) is 0 Å². The lowest BCUT2D eigenvalue weighted by Gasteiger charge is -2.45. The first-order chi connectivity index (χ1) is 31.0. The summed E-state index contributed by atoms with van der Waals surface area (Å²) in [5.41, 5.74) is 22.7. The second-order valence-corrected chi connectivity index (χ2v) is 18.1. The van der Waals surface area contributed by atoms with E-state index in [1.54, 1.807) is 0 Å². The average molecular weight is 806 g/mol. The van der Waals surface area contributed by atoms with E-state index in [4.69, 9.17) is 0 Å². The molecule has 3 nitrogen and oxygen atoms in total. The van der Waals surface area contributed by atoms with Gasteiger partial charge in [-0.3, -0.25) is 0 Å². The first-order valence-electron chi connectivity index (χ1n) is 22.3. The van der Waals surface area contributed by atoms with Crippen LogP contribution in [0.2, 0.25) is 0 Å². The molecule has 0 aliphatic carbocycles. The zero-order valence-corrected chi connectivity index (χ0v) is 35.6. The first-order valence-corrected chi connectivity index (χ1v) is 22.3. The van der Waals surface area contributed by atoms with Crippen molar-refractivity contribution in [2.24, 2.45) is 0 Å². The van der Waals surface area contributed by atoms with Crippen molar-refractivity contribution in [1.29, 1.82) is 0 Å². The van der Waals surface area contributed by atoms with Gasteiger partial charge in [0.2, 0.25) is 0 Å². The summed E-state index contributed by atoms with van der Waals surface area (Å²) in [6.45, 7) is 6.98. The Bertz CT molecular complexity index is 3350. The fraction of sp³-hybridized carbons (Fsp3) is 0.0847. The van der Waals surface area contributed by atoms with E-state index in [1.807, 2.05) is 0 Å². The zero-order chi connectivity index (χ0) is 42.0. The van der Waals surface area contributed by atoms with Crippen LogP contribution in [0, 0.1) is 6.92 Å². The summed E-state index contributed by atoms with van der Waals surface area (Å²) < 4.78 is 2.70. The van der Waals surface area contributed by atoms with Crippen LogP contribution in [-0.4, -0.2) is 11.4 Å². The van der Waals surface area contributed by atoms with Crippen molar-refractivity contribution < 1.29 is 0 Å². The minimum atomic E-state index is -0.206. The van der Waals surface area contributed by atoms with Crippen LogP contribution in [0.15, 0.2) is 206 Å². The number of aromatic nitrogens is 1. The molecule has 0 bridgehead atoms. The molecule has 0 radical (unpaired) electrons. The maximum Gasteiger partial charge on any atom is 0.333 e. The van der Waals surface area contributed by atoms with E-state index in [2.05, 4.69) is 241 Å². The van der Waals surface area contributed by atoms with Gasteiger partial charge in [0.15, 0.2) is 0 Å². The van der Waals surface area contributed by atoms with E-state index in [0.29, 0.717) is 0 Å². The molecule has 0 unspecified atom stereocenters. The Kier molecular flexibility index (Phi) is 7.73. The van der Waals surface area contributed by atoms with Crippen molar-refractivity contribution in [3.05, 3.63) is 240 Å². The highest BCUT2D eigenvalue weighted by atomic mass is 15.1. The molecule has 0 N–H and O–H groups in total. The number of fused-ring (bicyclic) bond motifs is 4. The summed E-state index contributed by atoms with van der Waals surface area (Å²) in [4.78, 5) is 5.05. The summed E-state index contributed by atoms with van der Waals surface area (Å²) in [6, 6.07) is 77.1. The van der Waals surface area contributed by atoms with Gasteiger partial charge in [-0.25, -0.2) is 0 Å². The van der Waals surface area contributed by atoms with Crippen LogP contribution in [0.25, 0.3) is 38.6 Å². The second kappa shape index (κ2) is 13.5. The van der Waals surface area contributed by atoms with Crippen molar-refractivity contribution in [1.82, 2.24) is 4.57 Å². The van der Waals surface area contributed by atoms with Crippen LogP contribution in [0.1, 0.15) is 53.1 Å². The molecular formula is C59H44BN3. The molecule has 10 aromatic rings. The quantitative estimate of drug-likeness (QED) is 0.117. The van der Waals surface area contributed by atoms with Gasteiger partial charge in [0.1, 0.15) is 0 Å². The Labute approximate surface area is 369 Å². The molecule has 13 rings (SSSR count). The van der Waals surface area contributed by atoms with Gasteiger partial charge in [0, 0.05) is 61.8 Å². The maximum atomic E-state index is 2.70. The van der Waals surface area contributed by atoms with Gasteiger partial charge in [0.25, 0.3) is 0 Å². The van der Waals surface area contributed by atoms with Crippen LogP contribution in [0.3, 0.4) is 0 Å². The first kappa shape index (κ1) is 36.1. The van der Waals surface area contributed by atoms with E-state index in [1.165, 1.54) is 94.3 Å². The summed E-state index contributed by atoms with van der Waals surface area (Å²) in [5, 5.41) is 2.68. The van der Waals surface area contributed by atoms with Gasteiger partial charge < -0.3 is 14.3 Å². The summed E-state index contributed by atoms with van der Waals surface area (Å²) in [7, 11) is 0. The molecule has 9 aromatic carbocycles. The van der Waals surface area contributed by atoms with E-state index >= 15 is 0 Å². The lowest BCUT2D eigenvalue weighted by molar-refractivity contribution is 0.631. The number of aryl methyl sites for hydroxylation is 1. The van der Waals surface area contributed by atoms with Gasteiger partial charge in [-0.15, -0.1) is 0 Å². The number of anilines is 5. The number of nitrogens with zero attached hydrogens (tertiary/aromatic N) is 3. The average Bonchev–Trinajstić information content (AvgIpc) is 3.69. The number of hydrogen-bond acceptors (Lipinski definition) is 2. The van der Waals surface area contributed by atoms with Crippen LogP contribution in [-0.2, 0) is 5.41 Å². The maximum absolute atomic E-state index is 2.70. The fourth-order valence-electron chi connectivity index (χ4n) is 11.5. The minimum Gasteiger partial charge on any atom is -0.376 e. The molecule has 3 aliphatic rings. The Morgan fingerprint density at radius 1 is 0.524 bits per heavy atom. The summed E-state index contributed by atoms with van der Waals surface area (Å²) >= 11 is 0. The number of hydrogen-bond donors (Lipinski definition) is 0. The van der Waals surface area contributed by atoms with Gasteiger partial charge in [-0.05, 0) is 112 Å². The second-order valence-electron chi connectivity index (χ2n) is 18.1. The van der Waals surface area contributed by atoms with E-state index in [0.717, 1.165) is 17.1 Å². The van der Waals surface area contributed by atoms with Crippen LogP contribution < -0.4 is 20.6 Å². The topological polar surface area (TPSA) is 11.4 Å². The van der Waals surface area contributed by atoms with Crippen molar-refractivity contribution in [3.63, 3.8) is 0 Å². The molecule has 4 heterocycles. The van der Waals surface area contributed by atoms with E-state index in [-0.39, 0.29) is 18.2 Å². The minimum absolute atomic E-state index is 0.00356. The molecule has 1 aromatic heterocycles. The lowest BCUT2D eigenvalue weighted by atomic mass is 9.43. The Morgan fingerprint density at radius 3 is 1.78 bits per heavy atom. The smallest absolute Gasteiger partial charge is 0.333 e. The molecule has 0 spiro atoms. The molecular weight excluding hydrogens is 761 g/mol. The number of rotatable bonds is 7. The van der Waals surface area contributed by atoms with Crippen molar-refractivity contribution >= 4 is 68.0 Å². The molecule has 0 amide bonds. The Morgan fingerprint density at radius 2 is 1.13 bits per heavy atom. The predicted molar refractivity (Wildman–Crippen MR) is 265 cm³/mol. The Hall–Kier alpha value is -7.56. The number of para-hydroxylation sites is 4. The molecule has 3 aliphatic heterocycles. The molecule has 298 valence electrons. The molecule has 4 heteroatoms. The third-order valence-corrected chi connectivity index (χ3v) is 14.3. The Balaban J connectivity index is 1.22. The largest absolute Gasteiger partial charge is 0.376 e. The molecule has 63 heavy (non-hydrogen) atoms. The predicted octanol–water partition coefficient (Wildman–Crippen LogP) is 13.6. The molecule has 0 saturated carbocycles. The van der Waals surface area contributed by atoms with Crippen LogP contribution >= 0.6 is 0 Å². The van der Waals surface area contributed by atoms with E-state index in [9.17, 15) is 0 Å². The molecule has 0 fully saturated rings. The third-order valence-electron chi connectivity index (χ3n) is 14.3. The van der Waals surface area contributed by atoms with Gasteiger partial charge in [0.05, 0.1) is 11.0 Å². The van der Waals surface area contributed by atoms with Gasteiger partial charge >= 0.3 is 6.85 Å². The van der Waals surface area contributed by atoms with E-state index < -0.39 is 0 Å². The number of benzene rings is 9. The highest BCUT2D eigenvalue weighted by Crippen LogP contribution is 2.54. The van der Waals surface area contributed by atoms with Gasteiger partial charge in [-0.1, -0.05) is 165 Å². The molecule has 0 atom stereocenters. The normalized spacial score (nSPS) is 13.8. The monoisotopic (exact) mass is 805 g/mol. The van der Waals surface area contributed by atoms with Crippen LogP contribution in [0.5, 0.6) is 0 Å². The standard InChI is InChI=1S/C59H44BN3/c1-38-30-32-43(33-31-38)63-52-35-34-44(61(41-22-12-6-13-23-41)42-24-14-7-15-25-42)36-46(52)47-37-48(53(39-18-8-4-9-19-39)40-20-10-5-11-21-40)54-45-26-16-27-49-56(45)62-57-50(59(49,2)3)28-17-29-51(57)60(63)55(47)58(54)62/h4-37,53H,1-3H3. The van der Waals surface area contributed by atoms with Crippen molar-refractivity contribution in [2.45, 2.75) is 32.1 Å². The third kappa shape index (κ3) is 5.09. The SMILES string of the molecule is Cc1ccc(N2B3c4cccc5c4-n4c6c(cccc6c6c(C(c7ccccc7)c7ccccc7)cc(c3c64)-c3cc(N(c4ccccc4)c4ccccc4)ccc32)C5(C)C)cc1.